The molecule has 1 fully saturated rings. The molecule has 2 rings (SSSR count). The van der Waals surface area contributed by atoms with Gasteiger partial charge in [0.1, 0.15) is 11.9 Å². The fraction of sp³-hybridized carbons (Fsp3) is 0.600. The Labute approximate surface area is 104 Å². The molecule has 1 unspecified atom stereocenters. The molecule has 0 aromatic heterocycles. The number of ether oxygens (including phenoxy) is 1. The summed E-state index contributed by atoms with van der Waals surface area (Å²) in [6, 6.07) is 4.31. The van der Waals surface area contributed by atoms with E-state index >= 15 is 0 Å². The molecule has 2 nitrogen and oxygen atoms in total. The van der Waals surface area contributed by atoms with Gasteiger partial charge in [-0.3, -0.25) is 0 Å². The number of rotatable bonds is 2. The Hall–Kier alpha value is -1.02. The second-order valence-corrected chi connectivity index (χ2v) is 5.86. The van der Waals surface area contributed by atoms with E-state index in [1.54, 1.807) is 0 Å². The lowest BCUT2D eigenvalue weighted by atomic mass is 10.0. The molecular weight excluding hydrogens is 210 g/mol. The van der Waals surface area contributed by atoms with E-state index in [-0.39, 0.29) is 5.54 Å². The zero-order chi connectivity index (χ0) is 12.6. The van der Waals surface area contributed by atoms with Crippen molar-refractivity contribution in [1.82, 2.24) is 5.32 Å². The van der Waals surface area contributed by atoms with Crippen molar-refractivity contribution in [3.63, 3.8) is 0 Å². The Kier molecular flexibility index (Phi) is 3.17. The minimum Gasteiger partial charge on any atom is -0.488 e. The first-order valence-electron chi connectivity index (χ1n) is 6.37. The van der Waals surface area contributed by atoms with Gasteiger partial charge in [-0.25, -0.2) is 0 Å². The van der Waals surface area contributed by atoms with Crippen LogP contribution in [0.5, 0.6) is 5.75 Å². The second kappa shape index (κ2) is 4.34. The molecule has 1 aliphatic rings. The van der Waals surface area contributed by atoms with Gasteiger partial charge >= 0.3 is 0 Å². The lowest BCUT2D eigenvalue weighted by molar-refractivity contribution is 0.211. The van der Waals surface area contributed by atoms with E-state index in [0.29, 0.717) is 6.10 Å². The Morgan fingerprint density at radius 3 is 2.41 bits per heavy atom. The monoisotopic (exact) mass is 233 g/mol. The van der Waals surface area contributed by atoms with Crippen molar-refractivity contribution < 1.29 is 4.74 Å². The molecular formula is C15H23NO. The van der Waals surface area contributed by atoms with E-state index < -0.39 is 0 Å². The third kappa shape index (κ3) is 2.63. The molecule has 0 saturated carbocycles. The average molecular weight is 233 g/mol. The maximum atomic E-state index is 6.19. The number of nitrogens with one attached hydrogen (secondary N) is 1. The van der Waals surface area contributed by atoms with Gasteiger partial charge in [0.15, 0.2) is 0 Å². The van der Waals surface area contributed by atoms with Crippen LogP contribution in [0.2, 0.25) is 0 Å². The number of benzene rings is 1. The summed E-state index contributed by atoms with van der Waals surface area (Å²) in [5.41, 5.74) is 4.01. The molecule has 0 radical (unpaired) electrons. The minimum atomic E-state index is 0.205. The van der Waals surface area contributed by atoms with Crippen molar-refractivity contribution in [2.75, 3.05) is 6.54 Å². The van der Waals surface area contributed by atoms with Crippen LogP contribution >= 0.6 is 0 Å². The maximum absolute atomic E-state index is 6.19. The van der Waals surface area contributed by atoms with Gasteiger partial charge in [-0.15, -0.1) is 0 Å². The van der Waals surface area contributed by atoms with Crippen molar-refractivity contribution in [3.05, 3.63) is 28.8 Å². The van der Waals surface area contributed by atoms with Gasteiger partial charge in [-0.2, -0.15) is 0 Å². The van der Waals surface area contributed by atoms with Crippen LogP contribution in [0.3, 0.4) is 0 Å². The van der Waals surface area contributed by atoms with E-state index in [1.165, 1.54) is 16.7 Å². The summed E-state index contributed by atoms with van der Waals surface area (Å²) in [6.07, 6.45) is 1.36. The Morgan fingerprint density at radius 1 is 1.18 bits per heavy atom. The molecule has 0 amide bonds. The average Bonchev–Trinajstić information content (AvgIpc) is 2.59. The van der Waals surface area contributed by atoms with Crippen LogP contribution in [0.15, 0.2) is 12.1 Å². The maximum Gasteiger partial charge on any atom is 0.125 e. The van der Waals surface area contributed by atoms with E-state index in [9.17, 15) is 0 Å². The standard InChI is InChI=1S/C15H23NO/c1-10-6-7-11(2)14(12(10)3)17-13-8-15(4,5)16-9-13/h6-7,13,16H,8-9H2,1-5H3. The van der Waals surface area contributed by atoms with Crippen molar-refractivity contribution >= 4 is 0 Å². The van der Waals surface area contributed by atoms with E-state index in [0.717, 1.165) is 18.7 Å². The molecule has 1 aliphatic heterocycles. The van der Waals surface area contributed by atoms with Gasteiger partial charge in [0.2, 0.25) is 0 Å². The van der Waals surface area contributed by atoms with Crippen LogP contribution in [0.1, 0.15) is 37.0 Å². The fourth-order valence-corrected chi connectivity index (χ4v) is 2.46. The predicted molar refractivity (Wildman–Crippen MR) is 71.8 cm³/mol. The molecule has 1 N–H and O–H groups in total. The largest absolute Gasteiger partial charge is 0.488 e. The summed E-state index contributed by atoms with van der Waals surface area (Å²) in [5.74, 6) is 1.08. The second-order valence-electron chi connectivity index (χ2n) is 5.86. The van der Waals surface area contributed by atoms with Gasteiger partial charge in [0, 0.05) is 18.5 Å². The quantitative estimate of drug-likeness (QED) is 0.847. The van der Waals surface area contributed by atoms with E-state index in [1.807, 2.05) is 0 Å². The first kappa shape index (κ1) is 12.4. The normalized spacial score (nSPS) is 22.8. The number of hydrogen-bond acceptors (Lipinski definition) is 2. The Bertz CT molecular complexity index is 423. The molecule has 94 valence electrons. The topological polar surface area (TPSA) is 21.3 Å². The van der Waals surface area contributed by atoms with Gasteiger partial charge < -0.3 is 10.1 Å². The molecule has 17 heavy (non-hydrogen) atoms. The van der Waals surface area contributed by atoms with Crippen LogP contribution in [-0.2, 0) is 0 Å². The zero-order valence-corrected chi connectivity index (χ0v) is 11.6. The van der Waals surface area contributed by atoms with Crippen LogP contribution in [0.4, 0.5) is 0 Å². The molecule has 0 spiro atoms. The summed E-state index contributed by atoms with van der Waals surface area (Å²) >= 11 is 0. The fourth-order valence-electron chi connectivity index (χ4n) is 2.46. The van der Waals surface area contributed by atoms with Crippen molar-refractivity contribution in [1.29, 1.82) is 0 Å². The molecule has 1 aromatic rings. The highest BCUT2D eigenvalue weighted by Crippen LogP contribution is 2.29. The van der Waals surface area contributed by atoms with Gasteiger partial charge in [-0.1, -0.05) is 12.1 Å². The van der Waals surface area contributed by atoms with E-state index in [4.69, 9.17) is 4.74 Å². The third-order valence-corrected chi connectivity index (χ3v) is 3.70. The SMILES string of the molecule is Cc1ccc(C)c(OC2CNC(C)(C)C2)c1C. The smallest absolute Gasteiger partial charge is 0.125 e. The number of aryl methyl sites for hydroxylation is 2. The highest BCUT2D eigenvalue weighted by Gasteiger charge is 2.32. The first-order chi connectivity index (χ1) is 7.89. The summed E-state index contributed by atoms with van der Waals surface area (Å²) in [5, 5.41) is 3.49. The Morgan fingerprint density at radius 2 is 1.82 bits per heavy atom. The first-order valence-corrected chi connectivity index (χ1v) is 6.37. The van der Waals surface area contributed by atoms with Gasteiger partial charge in [0.05, 0.1) is 0 Å². The van der Waals surface area contributed by atoms with Crippen molar-refractivity contribution in [2.24, 2.45) is 0 Å². The van der Waals surface area contributed by atoms with E-state index in [2.05, 4.69) is 52.1 Å². The van der Waals surface area contributed by atoms with Crippen LogP contribution in [-0.4, -0.2) is 18.2 Å². The summed E-state index contributed by atoms with van der Waals surface area (Å²) in [4.78, 5) is 0. The molecule has 0 bridgehead atoms. The highest BCUT2D eigenvalue weighted by molar-refractivity contribution is 5.44. The molecule has 1 heterocycles. The molecule has 1 atom stereocenters. The molecule has 1 aromatic carbocycles. The third-order valence-electron chi connectivity index (χ3n) is 3.70. The molecule has 1 saturated heterocycles. The van der Waals surface area contributed by atoms with Gasteiger partial charge in [-0.05, 0) is 51.3 Å². The Balaban J connectivity index is 2.17. The van der Waals surface area contributed by atoms with Crippen molar-refractivity contribution in [3.8, 4) is 5.75 Å². The minimum absolute atomic E-state index is 0.205. The lowest BCUT2D eigenvalue weighted by Crippen LogP contribution is -2.31. The van der Waals surface area contributed by atoms with Crippen LogP contribution in [0.25, 0.3) is 0 Å². The lowest BCUT2D eigenvalue weighted by Gasteiger charge is -2.20. The van der Waals surface area contributed by atoms with Crippen LogP contribution < -0.4 is 10.1 Å². The van der Waals surface area contributed by atoms with Crippen molar-refractivity contribution in [2.45, 2.75) is 52.7 Å². The molecule has 0 aliphatic carbocycles. The number of hydrogen-bond donors (Lipinski definition) is 1. The summed E-state index contributed by atoms with van der Waals surface area (Å²) in [6.45, 7) is 11.8. The summed E-state index contributed by atoms with van der Waals surface area (Å²) < 4.78 is 6.19. The summed E-state index contributed by atoms with van der Waals surface area (Å²) in [7, 11) is 0. The van der Waals surface area contributed by atoms with Gasteiger partial charge in [0.25, 0.3) is 0 Å². The highest BCUT2D eigenvalue weighted by atomic mass is 16.5. The zero-order valence-electron chi connectivity index (χ0n) is 11.6. The molecule has 2 heteroatoms. The predicted octanol–water partition coefficient (Wildman–Crippen LogP) is 3.13. The van der Waals surface area contributed by atoms with Crippen LogP contribution in [0, 0.1) is 20.8 Å².